The Morgan fingerprint density at radius 3 is 2.42 bits per heavy atom. The Morgan fingerprint density at radius 1 is 1.26 bits per heavy atom. The molecule has 0 amide bonds. The summed E-state index contributed by atoms with van der Waals surface area (Å²) in [7, 11) is 0. The second-order valence-electron chi connectivity index (χ2n) is 4.47. The highest BCUT2D eigenvalue weighted by Gasteiger charge is 2.32. The first kappa shape index (κ1) is 12.9. The van der Waals surface area contributed by atoms with E-state index in [0.29, 0.717) is 31.5 Å². The third-order valence-corrected chi connectivity index (χ3v) is 4.47. The predicted molar refractivity (Wildman–Crippen MR) is 76.5 cm³/mol. The molecule has 1 N–H and O–H groups in total. The van der Waals surface area contributed by atoms with Crippen LogP contribution in [0.3, 0.4) is 0 Å². The Kier molecular flexibility index (Phi) is 3.25. The molecule has 0 saturated heterocycles. The van der Waals surface area contributed by atoms with Crippen LogP contribution in [0.5, 0.6) is 0 Å². The normalized spacial score (nSPS) is 14.6. The van der Waals surface area contributed by atoms with Gasteiger partial charge in [-0.15, -0.1) is 11.3 Å². The van der Waals surface area contributed by atoms with E-state index in [1.54, 1.807) is 18.2 Å². The fourth-order valence-corrected chi connectivity index (χ4v) is 3.42. The molecule has 1 saturated carbocycles. The molecule has 98 valence electrons. The molecule has 0 spiro atoms. The highest BCUT2D eigenvalue weighted by molar-refractivity contribution is 7.17. The second-order valence-corrected chi connectivity index (χ2v) is 6.34. The lowest BCUT2D eigenvalue weighted by Crippen LogP contribution is -1.97. The maximum absolute atomic E-state index is 11.3. The van der Waals surface area contributed by atoms with Gasteiger partial charge in [-0.25, -0.2) is 9.78 Å². The van der Waals surface area contributed by atoms with Gasteiger partial charge in [0.05, 0.1) is 5.69 Å². The van der Waals surface area contributed by atoms with Gasteiger partial charge < -0.3 is 5.11 Å². The molecular weight excluding hydrogens is 305 g/mol. The number of halogens is 2. The molecule has 0 bridgehead atoms. The molecular formula is C13H9Cl2NO2S. The number of benzene rings is 1. The number of aromatic carboxylic acids is 1. The number of hydrogen-bond acceptors (Lipinski definition) is 3. The minimum atomic E-state index is -0.918. The van der Waals surface area contributed by atoms with Crippen molar-refractivity contribution in [3.63, 3.8) is 0 Å². The maximum atomic E-state index is 11.3. The van der Waals surface area contributed by atoms with Crippen molar-refractivity contribution in [2.75, 3.05) is 0 Å². The molecule has 1 aromatic heterocycles. The zero-order valence-electron chi connectivity index (χ0n) is 9.69. The number of carboxylic acid groups (broad SMARTS) is 1. The third-order valence-electron chi connectivity index (χ3n) is 2.92. The van der Waals surface area contributed by atoms with Crippen molar-refractivity contribution in [1.29, 1.82) is 0 Å². The van der Waals surface area contributed by atoms with Crippen LogP contribution in [-0.2, 0) is 0 Å². The lowest BCUT2D eigenvalue weighted by molar-refractivity contribution is 0.0700. The second kappa shape index (κ2) is 4.78. The number of carboxylic acids is 1. The van der Waals surface area contributed by atoms with Gasteiger partial charge in [0.15, 0.2) is 0 Å². The van der Waals surface area contributed by atoms with E-state index in [-0.39, 0.29) is 0 Å². The molecule has 3 rings (SSSR count). The van der Waals surface area contributed by atoms with Gasteiger partial charge in [0, 0.05) is 21.5 Å². The summed E-state index contributed by atoms with van der Waals surface area (Å²) in [6.07, 6.45) is 2.03. The van der Waals surface area contributed by atoms with Crippen molar-refractivity contribution in [2.24, 2.45) is 0 Å². The van der Waals surface area contributed by atoms with Gasteiger partial charge in [0.25, 0.3) is 0 Å². The first-order valence-corrected chi connectivity index (χ1v) is 7.32. The lowest BCUT2D eigenvalue weighted by atomic mass is 10.2. The standard InChI is InChI=1S/C13H9Cl2NO2S/c14-8-3-7(4-9(15)5-8)12-16-10(6-1-2-6)11(19-12)13(17)18/h3-6H,1-2H2,(H,17,18). The van der Waals surface area contributed by atoms with Crippen molar-refractivity contribution in [3.8, 4) is 10.6 Å². The van der Waals surface area contributed by atoms with Gasteiger partial charge in [-0.2, -0.15) is 0 Å². The van der Waals surface area contributed by atoms with E-state index >= 15 is 0 Å². The van der Waals surface area contributed by atoms with Gasteiger partial charge >= 0.3 is 5.97 Å². The molecule has 6 heteroatoms. The van der Waals surface area contributed by atoms with Crippen molar-refractivity contribution in [1.82, 2.24) is 4.98 Å². The molecule has 0 atom stereocenters. The zero-order valence-corrected chi connectivity index (χ0v) is 12.0. The average Bonchev–Trinajstić information content (AvgIpc) is 3.06. The van der Waals surface area contributed by atoms with Crippen LogP contribution in [0.4, 0.5) is 0 Å². The Labute approximate surface area is 123 Å². The summed E-state index contributed by atoms with van der Waals surface area (Å²) in [6, 6.07) is 5.13. The first-order chi connectivity index (χ1) is 9.04. The van der Waals surface area contributed by atoms with Crippen LogP contribution in [0.15, 0.2) is 18.2 Å². The van der Waals surface area contributed by atoms with E-state index in [1.807, 2.05) is 0 Å². The van der Waals surface area contributed by atoms with Crippen molar-refractivity contribution < 1.29 is 9.90 Å². The topological polar surface area (TPSA) is 50.2 Å². The van der Waals surface area contributed by atoms with Crippen LogP contribution in [-0.4, -0.2) is 16.1 Å². The number of hydrogen-bond donors (Lipinski definition) is 1. The van der Waals surface area contributed by atoms with E-state index in [0.717, 1.165) is 18.4 Å². The van der Waals surface area contributed by atoms with Crippen LogP contribution >= 0.6 is 34.5 Å². The fraction of sp³-hybridized carbons (Fsp3) is 0.231. The van der Waals surface area contributed by atoms with Gasteiger partial charge in [0.2, 0.25) is 0 Å². The first-order valence-electron chi connectivity index (χ1n) is 5.75. The molecule has 0 aliphatic heterocycles. The number of thiazole rings is 1. The summed E-state index contributed by atoms with van der Waals surface area (Å²) in [6.45, 7) is 0. The summed E-state index contributed by atoms with van der Waals surface area (Å²) in [4.78, 5) is 16.0. The van der Waals surface area contributed by atoms with E-state index < -0.39 is 5.97 Å². The maximum Gasteiger partial charge on any atom is 0.347 e. The number of nitrogens with zero attached hydrogens (tertiary/aromatic N) is 1. The molecule has 0 unspecified atom stereocenters. The number of rotatable bonds is 3. The Hall–Kier alpha value is -1.10. The predicted octanol–water partition coefficient (Wildman–Crippen LogP) is 4.69. The van der Waals surface area contributed by atoms with Gasteiger partial charge in [-0.05, 0) is 31.0 Å². The van der Waals surface area contributed by atoms with Crippen molar-refractivity contribution in [2.45, 2.75) is 18.8 Å². The van der Waals surface area contributed by atoms with Crippen LogP contribution in [0.25, 0.3) is 10.6 Å². The largest absolute Gasteiger partial charge is 0.477 e. The highest BCUT2D eigenvalue weighted by Crippen LogP contribution is 2.44. The third kappa shape index (κ3) is 2.61. The van der Waals surface area contributed by atoms with E-state index in [1.165, 1.54) is 11.3 Å². The van der Waals surface area contributed by atoms with E-state index in [2.05, 4.69) is 4.98 Å². The van der Waals surface area contributed by atoms with Gasteiger partial charge in [-0.1, -0.05) is 23.2 Å². The Bertz CT molecular complexity index is 644. The number of carbonyl (C=O) groups is 1. The molecule has 1 aliphatic rings. The van der Waals surface area contributed by atoms with E-state index in [4.69, 9.17) is 23.2 Å². The summed E-state index contributed by atoms with van der Waals surface area (Å²) < 4.78 is 0. The molecule has 1 aliphatic carbocycles. The quantitative estimate of drug-likeness (QED) is 0.894. The van der Waals surface area contributed by atoms with Crippen molar-refractivity contribution >= 4 is 40.5 Å². The fourth-order valence-electron chi connectivity index (χ4n) is 1.92. The summed E-state index contributed by atoms with van der Waals surface area (Å²) in [5.41, 5.74) is 1.46. The summed E-state index contributed by atoms with van der Waals surface area (Å²) in [5.74, 6) is -0.621. The average molecular weight is 314 g/mol. The SMILES string of the molecule is O=C(O)c1sc(-c2cc(Cl)cc(Cl)c2)nc1C1CC1. The van der Waals surface area contributed by atoms with Crippen LogP contribution in [0, 0.1) is 0 Å². The lowest BCUT2D eigenvalue weighted by Gasteiger charge is -1.98. The zero-order chi connectivity index (χ0) is 13.6. The monoisotopic (exact) mass is 313 g/mol. The molecule has 3 nitrogen and oxygen atoms in total. The molecule has 0 radical (unpaired) electrons. The molecule has 1 fully saturated rings. The molecule has 1 aromatic carbocycles. The molecule has 1 heterocycles. The summed E-state index contributed by atoms with van der Waals surface area (Å²) >= 11 is 13.1. The van der Waals surface area contributed by atoms with Gasteiger partial charge in [0.1, 0.15) is 9.88 Å². The van der Waals surface area contributed by atoms with Crippen molar-refractivity contribution in [3.05, 3.63) is 38.8 Å². The minimum absolute atomic E-state index is 0.297. The molecule has 19 heavy (non-hydrogen) atoms. The highest BCUT2D eigenvalue weighted by atomic mass is 35.5. The Morgan fingerprint density at radius 2 is 1.89 bits per heavy atom. The van der Waals surface area contributed by atoms with Gasteiger partial charge in [-0.3, -0.25) is 0 Å². The molecule has 2 aromatic rings. The van der Waals surface area contributed by atoms with Crippen LogP contribution in [0.2, 0.25) is 10.0 Å². The Balaban J connectivity index is 2.09. The van der Waals surface area contributed by atoms with Crippen LogP contribution < -0.4 is 0 Å². The summed E-state index contributed by atoms with van der Waals surface area (Å²) in [5, 5.41) is 10.9. The van der Waals surface area contributed by atoms with E-state index in [9.17, 15) is 9.90 Å². The van der Waals surface area contributed by atoms with Crippen LogP contribution in [0.1, 0.15) is 34.1 Å². The smallest absolute Gasteiger partial charge is 0.347 e. The number of aromatic nitrogens is 1. The minimum Gasteiger partial charge on any atom is -0.477 e.